The highest BCUT2D eigenvalue weighted by Gasteiger charge is 2.62. The molecule has 112 valence electrons. The Hall–Kier alpha value is -0.260. The van der Waals surface area contributed by atoms with Crippen molar-refractivity contribution in [2.24, 2.45) is 34.0 Å². The molecule has 0 unspecified atom stereocenters. The van der Waals surface area contributed by atoms with E-state index in [1.807, 2.05) is 0 Å². The highest BCUT2D eigenvalue weighted by molar-refractivity contribution is 5.22. The second kappa shape index (κ2) is 3.93. The number of allylic oxidation sites excluding steroid dienone is 1. The molecule has 20 heavy (non-hydrogen) atoms. The molecule has 0 amide bonds. The van der Waals surface area contributed by atoms with Crippen LogP contribution in [0.5, 0.6) is 0 Å². The molecule has 0 aromatic heterocycles. The average Bonchev–Trinajstić information content (AvgIpc) is 2.58. The fraction of sp³-hybridized carbons (Fsp3) is 0.900. The van der Waals surface area contributed by atoms with Crippen molar-refractivity contribution in [3.63, 3.8) is 0 Å². The first-order valence-corrected chi connectivity index (χ1v) is 9.05. The molecule has 0 aromatic rings. The van der Waals surface area contributed by atoms with Crippen molar-refractivity contribution < 1.29 is 0 Å². The van der Waals surface area contributed by atoms with Gasteiger partial charge in [-0.1, -0.05) is 39.3 Å². The Bertz CT molecular complexity index is 445. The smallest absolute Gasteiger partial charge is 0.0200 e. The van der Waals surface area contributed by atoms with Crippen LogP contribution in [0.15, 0.2) is 12.2 Å². The third-order valence-corrected chi connectivity index (χ3v) is 8.36. The molecule has 1 spiro atoms. The van der Waals surface area contributed by atoms with Gasteiger partial charge in [-0.3, -0.25) is 0 Å². The molecule has 0 saturated heterocycles. The van der Waals surface area contributed by atoms with Crippen LogP contribution in [0.2, 0.25) is 0 Å². The number of hydrogen-bond donors (Lipinski definition) is 0. The number of fused-ring (bicyclic) bond motifs is 3. The van der Waals surface area contributed by atoms with Crippen LogP contribution in [0.3, 0.4) is 0 Å². The predicted octanol–water partition coefficient (Wildman–Crippen LogP) is 5.98. The maximum atomic E-state index is 4.44. The van der Waals surface area contributed by atoms with Crippen LogP contribution in [-0.2, 0) is 0 Å². The van der Waals surface area contributed by atoms with Crippen LogP contribution in [0, 0.1) is 34.0 Å². The molecule has 4 saturated carbocycles. The zero-order valence-corrected chi connectivity index (χ0v) is 13.8. The normalized spacial score (nSPS) is 53.4. The minimum atomic E-state index is 0.584. The van der Waals surface area contributed by atoms with Crippen molar-refractivity contribution in [1.29, 1.82) is 0 Å². The van der Waals surface area contributed by atoms with Crippen molar-refractivity contribution in [1.82, 2.24) is 0 Å². The lowest BCUT2D eigenvalue weighted by Crippen LogP contribution is -2.55. The van der Waals surface area contributed by atoms with E-state index in [0.29, 0.717) is 16.2 Å². The third-order valence-electron chi connectivity index (χ3n) is 8.36. The Morgan fingerprint density at radius 3 is 2.55 bits per heavy atom. The molecule has 0 nitrogen and oxygen atoms in total. The van der Waals surface area contributed by atoms with E-state index in [9.17, 15) is 0 Å². The lowest BCUT2D eigenvalue weighted by molar-refractivity contribution is -0.144. The van der Waals surface area contributed by atoms with Gasteiger partial charge in [-0.05, 0) is 85.4 Å². The van der Waals surface area contributed by atoms with Gasteiger partial charge in [0.2, 0.25) is 0 Å². The van der Waals surface area contributed by atoms with Crippen LogP contribution in [0.1, 0.15) is 78.6 Å². The van der Waals surface area contributed by atoms with E-state index >= 15 is 0 Å². The van der Waals surface area contributed by atoms with Crippen LogP contribution < -0.4 is 0 Å². The van der Waals surface area contributed by atoms with Crippen LogP contribution >= 0.6 is 0 Å². The second-order valence-electron chi connectivity index (χ2n) is 9.67. The Morgan fingerprint density at radius 2 is 1.75 bits per heavy atom. The Balaban J connectivity index is 1.74. The van der Waals surface area contributed by atoms with E-state index in [4.69, 9.17) is 0 Å². The van der Waals surface area contributed by atoms with E-state index in [1.54, 1.807) is 5.57 Å². The summed E-state index contributed by atoms with van der Waals surface area (Å²) in [5, 5.41) is 0. The monoisotopic (exact) mass is 272 g/mol. The Morgan fingerprint density at radius 1 is 0.950 bits per heavy atom. The van der Waals surface area contributed by atoms with Gasteiger partial charge in [-0.25, -0.2) is 0 Å². The summed E-state index contributed by atoms with van der Waals surface area (Å²) in [5.74, 6) is 2.87. The molecule has 0 radical (unpaired) electrons. The fourth-order valence-electron chi connectivity index (χ4n) is 7.68. The Kier molecular flexibility index (Phi) is 2.63. The molecule has 0 heteroatoms. The van der Waals surface area contributed by atoms with Gasteiger partial charge in [0.25, 0.3) is 0 Å². The molecule has 5 atom stereocenters. The van der Waals surface area contributed by atoms with Crippen molar-refractivity contribution in [3.05, 3.63) is 12.2 Å². The minimum Gasteiger partial charge on any atom is -0.0996 e. The maximum absolute atomic E-state index is 4.44. The van der Waals surface area contributed by atoms with E-state index < -0.39 is 0 Å². The second-order valence-corrected chi connectivity index (χ2v) is 9.67. The summed E-state index contributed by atoms with van der Waals surface area (Å²) in [6.07, 6.45) is 13.3. The Labute approximate surface area is 125 Å². The van der Waals surface area contributed by atoms with Gasteiger partial charge in [0, 0.05) is 0 Å². The quantitative estimate of drug-likeness (QED) is 0.476. The van der Waals surface area contributed by atoms with Crippen molar-refractivity contribution in [2.45, 2.75) is 78.6 Å². The highest BCUT2D eigenvalue weighted by atomic mass is 14.7. The van der Waals surface area contributed by atoms with E-state index in [2.05, 4.69) is 27.4 Å². The first-order chi connectivity index (χ1) is 9.37. The molecule has 4 fully saturated rings. The summed E-state index contributed by atoms with van der Waals surface area (Å²) in [4.78, 5) is 0. The maximum Gasteiger partial charge on any atom is -0.0200 e. The fourth-order valence-corrected chi connectivity index (χ4v) is 7.68. The van der Waals surface area contributed by atoms with Gasteiger partial charge in [0.05, 0.1) is 0 Å². The molecular formula is C20H32. The first-order valence-electron chi connectivity index (χ1n) is 9.05. The number of hydrogen-bond acceptors (Lipinski definition) is 0. The summed E-state index contributed by atoms with van der Waals surface area (Å²) in [7, 11) is 0. The van der Waals surface area contributed by atoms with E-state index in [1.165, 1.54) is 57.8 Å². The first kappa shape index (κ1) is 13.4. The zero-order chi connectivity index (χ0) is 14.2. The lowest BCUT2D eigenvalue weighted by Gasteiger charge is -2.64. The van der Waals surface area contributed by atoms with Crippen LogP contribution in [0.4, 0.5) is 0 Å². The molecule has 4 rings (SSSR count). The van der Waals surface area contributed by atoms with Crippen molar-refractivity contribution in [2.75, 3.05) is 0 Å². The standard InChI is InChI=1S/C20H32/c1-14-12-20-11-8-16-18(2,3)9-5-10-19(16,4)17(20)7-6-15(14)13-20/h15-17H,1,5-13H2,2-4H3/t15-,16+,17+,19+,20+/m0/s1. The lowest BCUT2D eigenvalue weighted by atomic mass is 9.41. The molecule has 4 aliphatic rings. The van der Waals surface area contributed by atoms with Gasteiger partial charge < -0.3 is 0 Å². The van der Waals surface area contributed by atoms with Gasteiger partial charge in [-0.2, -0.15) is 0 Å². The number of rotatable bonds is 0. The summed E-state index contributed by atoms with van der Waals surface area (Å²) in [6, 6.07) is 0. The molecule has 0 aromatic carbocycles. The zero-order valence-electron chi connectivity index (χ0n) is 13.8. The predicted molar refractivity (Wildman–Crippen MR) is 85.5 cm³/mol. The third kappa shape index (κ3) is 1.54. The largest absolute Gasteiger partial charge is 0.0996 e. The average molecular weight is 272 g/mol. The van der Waals surface area contributed by atoms with E-state index in [-0.39, 0.29) is 0 Å². The van der Waals surface area contributed by atoms with E-state index in [0.717, 1.165) is 17.8 Å². The molecule has 0 heterocycles. The molecular weight excluding hydrogens is 240 g/mol. The molecule has 4 aliphatic carbocycles. The highest BCUT2D eigenvalue weighted by Crippen LogP contribution is 2.72. The summed E-state index contributed by atoms with van der Waals surface area (Å²) < 4.78 is 0. The van der Waals surface area contributed by atoms with Gasteiger partial charge in [0.15, 0.2) is 0 Å². The van der Waals surface area contributed by atoms with Gasteiger partial charge >= 0.3 is 0 Å². The van der Waals surface area contributed by atoms with Crippen LogP contribution in [0.25, 0.3) is 0 Å². The minimum absolute atomic E-state index is 0.584. The summed E-state index contributed by atoms with van der Waals surface area (Å²) in [6.45, 7) is 12.2. The summed E-state index contributed by atoms with van der Waals surface area (Å²) in [5.41, 5.74) is 3.51. The molecule has 2 bridgehead atoms. The molecule has 0 N–H and O–H groups in total. The summed E-state index contributed by atoms with van der Waals surface area (Å²) >= 11 is 0. The molecule has 0 aliphatic heterocycles. The topological polar surface area (TPSA) is 0 Å². The SMILES string of the molecule is C=C1C[C@@]23CC[C@@H]4C(C)(C)CCC[C@@]4(C)[C@H]2CC[C@H]1C3. The van der Waals surface area contributed by atoms with Crippen molar-refractivity contribution >= 4 is 0 Å². The van der Waals surface area contributed by atoms with Gasteiger partial charge in [-0.15, -0.1) is 0 Å². The van der Waals surface area contributed by atoms with Gasteiger partial charge in [0.1, 0.15) is 0 Å². The van der Waals surface area contributed by atoms with Crippen molar-refractivity contribution in [3.8, 4) is 0 Å². The van der Waals surface area contributed by atoms with Crippen LogP contribution in [-0.4, -0.2) is 0 Å².